The zero-order valence-electron chi connectivity index (χ0n) is 13.6. The maximum atomic E-state index is 11.8. The van der Waals surface area contributed by atoms with Gasteiger partial charge >= 0.3 is 5.97 Å². The number of aryl methyl sites for hydroxylation is 2. The van der Waals surface area contributed by atoms with Crippen LogP contribution in [-0.2, 0) is 24.8 Å². The Hall–Kier alpha value is -1.93. The number of thiophene rings is 1. The van der Waals surface area contributed by atoms with Crippen LogP contribution < -0.4 is 10.6 Å². The molecule has 2 N–H and O–H groups in total. The van der Waals surface area contributed by atoms with E-state index in [2.05, 4.69) is 15.7 Å². The zero-order chi connectivity index (χ0) is 17.0. The van der Waals surface area contributed by atoms with Gasteiger partial charge in [-0.05, 0) is 31.6 Å². The van der Waals surface area contributed by atoms with E-state index in [1.165, 1.54) is 18.4 Å². The molecule has 0 bridgehead atoms. The normalized spacial score (nSPS) is 10.4. The van der Waals surface area contributed by atoms with Crippen LogP contribution in [0.4, 0.5) is 5.00 Å². The van der Waals surface area contributed by atoms with Crippen LogP contribution in [0, 0.1) is 6.92 Å². The second-order valence-corrected chi connectivity index (χ2v) is 6.53. The van der Waals surface area contributed by atoms with Crippen LogP contribution in [0.1, 0.15) is 33.4 Å². The fourth-order valence-electron chi connectivity index (χ4n) is 2.01. The van der Waals surface area contributed by atoms with Crippen LogP contribution in [0.25, 0.3) is 0 Å². The Kier molecular flexibility index (Phi) is 5.73. The van der Waals surface area contributed by atoms with Crippen molar-refractivity contribution in [3.05, 3.63) is 34.0 Å². The van der Waals surface area contributed by atoms with Crippen LogP contribution in [0.2, 0.25) is 0 Å². The van der Waals surface area contributed by atoms with Crippen LogP contribution in [0.15, 0.2) is 12.3 Å². The molecule has 0 unspecified atom stereocenters. The molecule has 2 rings (SSSR count). The molecule has 0 amide bonds. The van der Waals surface area contributed by atoms with Gasteiger partial charge < -0.3 is 15.4 Å². The molecular weight excluding hydrogens is 332 g/mol. The summed E-state index contributed by atoms with van der Waals surface area (Å²) in [6.07, 6.45) is 2.66. The van der Waals surface area contributed by atoms with Crippen LogP contribution in [0.3, 0.4) is 0 Å². The maximum absolute atomic E-state index is 11.8. The molecule has 2 heterocycles. The van der Waals surface area contributed by atoms with Crippen molar-refractivity contribution >= 4 is 39.6 Å². The predicted octanol–water partition coefficient (Wildman–Crippen LogP) is 2.63. The van der Waals surface area contributed by atoms with Gasteiger partial charge in [-0.3, -0.25) is 4.68 Å². The minimum absolute atomic E-state index is 0.366. The number of aromatic nitrogens is 2. The molecule has 124 valence electrons. The van der Waals surface area contributed by atoms with E-state index >= 15 is 0 Å². The first kappa shape index (κ1) is 17.4. The number of methoxy groups -OCH3 is 1. The fraction of sp³-hybridized carbons (Fsp3) is 0.400. The first-order valence-electron chi connectivity index (χ1n) is 7.19. The van der Waals surface area contributed by atoms with Crippen molar-refractivity contribution in [2.75, 3.05) is 12.4 Å². The van der Waals surface area contributed by atoms with Crippen molar-refractivity contribution in [2.24, 2.45) is 7.05 Å². The minimum Gasteiger partial charge on any atom is -0.465 e. The van der Waals surface area contributed by atoms with E-state index in [4.69, 9.17) is 17.0 Å². The highest BCUT2D eigenvalue weighted by molar-refractivity contribution is 7.80. The number of nitrogens with zero attached hydrogens (tertiary/aromatic N) is 2. The maximum Gasteiger partial charge on any atom is 0.340 e. The van der Waals surface area contributed by atoms with Gasteiger partial charge in [0.25, 0.3) is 0 Å². The Morgan fingerprint density at radius 3 is 2.83 bits per heavy atom. The summed E-state index contributed by atoms with van der Waals surface area (Å²) >= 11 is 6.82. The molecule has 0 aliphatic carbocycles. The summed E-state index contributed by atoms with van der Waals surface area (Å²) in [6, 6.07) is 1.84. The molecule has 0 aromatic carbocycles. The number of carbonyl (C=O) groups excluding carboxylic acids is 1. The number of esters is 1. The lowest BCUT2D eigenvalue weighted by atomic mass is 10.2. The molecule has 0 saturated heterocycles. The summed E-state index contributed by atoms with van der Waals surface area (Å²) in [6.45, 7) is 4.62. The van der Waals surface area contributed by atoms with Gasteiger partial charge in [-0.25, -0.2) is 4.79 Å². The number of ether oxygens (including phenoxy) is 1. The molecule has 2 aromatic rings. The van der Waals surface area contributed by atoms with Gasteiger partial charge in [0.1, 0.15) is 5.00 Å². The molecule has 0 spiro atoms. The second-order valence-electron chi connectivity index (χ2n) is 4.99. The minimum atomic E-state index is -0.366. The van der Waals surface area contributed by atoms with E-state index in [1.807, 2.05) is 37.8 Å². The molecule has 0 aliphatic heterocycles. The Morgan fingerprint density at radius 2 is 2.26 bits per heavy atom. The molecule has 0 fully saturated rings. The van der Waals surface area contributed by atoms with Crippen molar-refractivity contribution in [3.63, 3.8) is 0 Å². The molecule has 23 heavy (non-hydrogen) atoms. The van der Waals surface area contributed by atoms with Crippen molar-refractivity contribution in [1.82, 2.24) is 15.1 Å². The quantitative estimate of drug-likeness (QED) is 0.637. The highest BCUT2D eigenvalue weighted by Gasteiger charge is 2.17. The Balaban J connectivity index is 2.03. The lowest BCUT2D eigenvalue weighted by Crippen LogP contribution is -2.28. The highest BCUT2D eigenvalue weighted by Crippen LogP contribution is 2.29. The molecular formula is C15H20N4O2S2. The van der Waals surface area contributed by atoms with Crippen molar-refractivity contribution in [3.8, 4) is 0 Å². The smallest absolute Gasteiger partial charge is 0.340 e. The average Bonchev–Trinajstić information content (AvgIpc) is 3.09. The molecule has 0 saturated carbocycles. The third-order valence-electron chi connectivity index (χ3n) is 3.54. The number of hydrogen-bond donors (Lipinski definition) is 2. The summed E-state index contributed by atoms with van der Waals surface area (Å²) in [7, 11) is 3.27. The third-order valence-corrected chi connectivity index (χ3v) is 4.98. The molecule has 0 atom stereocenters. The summed E-state index contributed by atoms with van der Waals surface area (Å²) in [4.78, 5) is 12.9. The highest BCUT2D eigenvalue weighted by atomic mass is 32.1. The largest absolute Gasteiger partial charge is 0.465 e. The summed E-state index contributed by atoms with van der Waals surface area (Å²) in [5, 5.41) is 11.6. The Labute approximate surface area is 144 Å². The monoisotopic (exact) mass is 352 g/mol. The number of nitrogens with one attached hydrogen (secondary N) is 2. The van der Waals surface area contributed by atoms with E-state index < -0.39 is 0 Å². The van der Waals surface area contributed by atoms with Crippen molar-refractivity contribution in [1.29, 1.82) is 0 Å². The van der Waals surface area contributed by atoms with E-state index in [0.717, 1.165) is 22.6 Å². The van der Waals surface area contributed by atoms with Gasteiger partial charge in [-0.15, -0.1) is 11.3 Å². The molecule has 6 nitrogen and oxygen atoms in total. The second kappa shape index (κ2) is 7.56. The van der Waals surface area contributed by atoms with Gasteiger partial charge in [-0.2, -0.15) is 5.10 Å². The summed E-state index contributed by atoms with van der Waals surface area (Å²) < 4.78 is 6.63. The van der Waals surface area contributed by atoms with Gasteiger partial charge in [0, 0.05) is 29.7 Å². The molecule has 8 heteroatoms. The standard InChI is InChI=1S/C15H20N4O2S2/c1-5-11-6-12(14(20)21-4)13(23-11)18-15(22)16-7-10-8-17-19(3)9(10)2/h6,8H,5,7H2,1-4H3,(H2,16,18,22). The lowest BCUT2D eigenvalue weighted by Gasteiger charge is -2.10. The van der Waals surface area contributed by atoms with Gasteiger partial charge in [0.05, 0.1) is 18.9 Å². The SMILES string of the molecule is CCc1cc(C(=O)OC)c(NC(=S)NCc2cnn(C)c2C)s1. The average molecular weight is 352 g/mol. The Bertz CT molecular complexity index is 721. The number of anilines is 1. The number of thiocarbonyl (C=S) groups is 1. The van der Waals surface area contributed by atoms with E-state index in [1.54, 1.807) is 0 Å². The number of rotatable bonds is 5. The van der Waals surface area contributed by atoms with Gasteiger partial charge in [0.15, 0.2) is 5.11 Å². The predicted molar refractivity (Wildman–Crippen MR) is 96.0 cm³/mol. The van der Waals surface area contributed by atoms with Crippen LogP contribution in [-0.4, -0.2) is 28.0 Å². The zero-order valence-corrected chi connectivity index (χ0v) is 15.2. The van der Waals surface area contributed by atoms with Gasteiger partial charge in [0.2, 0.25) is 0 Å². The van der Waals surface area contributed by atoms with Crippen molar-refractivity contribution in [2.45, 2.75) is 26.8 Å². The molecule has 0 radical (unpaired) electrons. The summed E-state index contributed by atoms with van der Waals surface area (Å²) in [5.41, 5.74) is 2.67. The Morgan fingerprint density at radius 1 is 1.52 bits per heavy atom. The number of carbonyl (C=O) groups is 1. The summed E-state index contributed by atoms with van der Waals surface area (Å²) in [5.74, 6) is -0.366. The van der Waals surface area contributed by atoms with E-state index in [0.29, 0.717) is 22.2 Å². The van der Waals surface area contributed by atoms with Crippen LogP contribution >= 0.6 is 23.6 Å². The first-order valence-corrected chi connectivity index (χ1v) is 8.42. The topological polar surface area (TPSA) is 68.2 Å². The molecule has 2 aromatic heterocycles. The van der Waals surface area contributed by atoms with Crippen molar-refractivity contribution < 1.29 is 9.53 Å². The fourth-order valence-corrected chi connectivity index (χ4v) is 3.24. The third kappa shape index (κ3) is 4.08. The lowest BCUT2D eigenvalue weighted by molar-refractivity contribution is 0.0602. The van der Waals surface area contributed by atoms with E-state index in [-0.39, 0.29) is 5.97 Å². The molecule has 0 aliphatic rings. The first-order chi connectivity index (χ1) is 11.0. The van der Waals surface area contributed by atoms with E-state index in [9.17, 15) is 4.79 Å². The van der Waals surface area contributed by atoms with Gasteiger partial charge in [-0.1, -0.05) is 6.92 Å². The van der Waals surface area contributed by atoms with Crippen LogP contribution in [0.5, 0.6) is 0 Å². The number of hydrogen-bond acceptors (Lipinski definition) is 5.